The van der Waals surface area contributed by atoms with E-state index >= 15 is 0 Å². The van der Waals surface area contributed by atoms with E-state index in [-0.39, 0.29) is 13.1 Å². The average molecular weight is 313 g/mol. The fourth-order valence-electron chi connectivity index (χ4n) is 1.95. The SMILES string of the molecule is O=C(N1CCN(Cc2ccc(Cl)s2)CC1)C(F)(F)F. The molecule has 2 heterocycles. The highest BCUT2D eigenvalue weighted by Crippen LogP contribution is 2.24. The zero-order chi connectivity index (χ0) is 14.0. The summed E-state index contributed by atoms with van der Waals surface area (Å²) in [7, 11) is 0. The van der Waals surface area contributed by atoms with Gasteiger partial charge in [-0.05, 0) is 12.1 Å². The van der Waals surface area contributed by atoms with Crippen LogP contribution in [0.4, 0.5) is 13.2 Å². The van der Waals surface area contributed by atoms with Crippen LogP contribution in [0.2, 0.25) is 4.34 Å². The fourth-order valence-corrected chi connectivity index (χ4v) is 3.08. The molecule has 1 aromatic rings. The van der Waals surface area contributed by atoms with Gasteiger partial charge < -0.3 is 4.90 Å². The van der Waals surface area contributed by atoms with E-state index in [4.69, 9.17) is 11.6 Å². The molecule has 1 aromatic heterocycles. The molecule has 8 heteroatoms. The molecule has 19 heavy (non-hydrogen) atoms. The van der Waals surface area contributed by atoms with Crippen molar-refractivity contribution in [3.8, 4) is 0 Å². The second-order valence-electron chi connectivity index (χ2n) is 4.27. The van der Waals surface area contributed by atoms with Crippen LogP contribution in [0.5, 0.6) is 0 Å². The molecule has 0 N–H and O–H groups in total. The Labute approximate surface area is 117 Å². The molecule has 1 amide bonds. The van der Waals surface area contributed by atoms with Crippen molar-refractivity contribution in [2.45, 2.75) is 12.7 Å². The number of hydrogen-bond donors (Lipinski definition) is 0. The highest BCUT2D eigenvalue weighted by atomic mass is 35.5. The standard InChI is InChI=1S/C11H12ClF3N2OS/c12-9-2-1-8(19-9)7-16-3-5-17(6-4-16)10(18)11(13,14)15/h1-2H,3-7H2. The first-order chi connectivity index (χ1) is 8.86. The molecular weight excluding hydrogens is 301 g/mol. The third-order valence-corrected chi connectivity index (χ3v) is 4.13. The van der Waals surface area contributed by atoms with Crippen molar-refractivity contribution in [3.63, 3.8) is 0 Å². The van der Waals surface area contributed by atoms with E-state index < -0.39 is 12.1 Å². The summed E-state index contributed by atoms with van der Waals surface area (Å²) in [6, 6.07) is 3.70. The lowest BCUT2D eigenvalue weighted by atomic mass is 10.3. The van der Waals surface area contributed by atoms with Gasteiger partial charge in [0.15, 0.2) is 0 Å². The minimum absolute atomic E-state index is 0.109. The second kappa shape index (κ2) is 5.68. The Hall–Kier alpha value is -0.790. The molecule has 0 spiro atoms. The summed E-state index contributed by atoms with van der Waals surface area (Å²) in [6.07, 6.45) is -4.77. The Kier molecular flexibility index (Phi) is 4.37. The molecule has 1 aliphatic heterocycles. The van der Waals surface area contributed by atoms with Gasteiger partial charge in [0.25, 0.3) is 0 Å². The Morgan fingerprint density at radius 1 is 1.26 bits per heavy atom. The monoisotopic (exact) mass is 312 g/mol. The van der Waals surface area contributed by atoms with Gasteiger partial charge in [0.2, 0.25) is 0 Å². The molecule has 0 aliphatic carbocycles. The summed E-state index contributed by atoms with van der Waals surface area (Å²) < 4.78 is 37.5. The smallest absolute Gasteiger partial charge is 0.332 e. The zero-order valence-corrected chi connectivity index (χ0v) is 11.5. The van der Waals surface area contributed by atoms with Gasteiger partial charge >= 0.3 is 12.1 Å². The zero-order valence-electron chi connectivity index (χ0n) is 9.91. The number of carbonyl (C=O) groups excluding carboxylic acids is 1. The molecule has 2 rings (SSSR count). The molecule has 0 unspecified atom stereocenters. The van der Waals surface area contributed by atoms with E-state index in [0.29, 0.717) is 24.0 Å². The van der Waals surface area contributed by atoms with Gasteiger partial charge in [0.1, 0.15) is 0 Å². The topological polar surface area (TPSA) is 23.6 Å². The van der Waals surface area contributed by atoms with Crippen molar-refractivity contribution in [1.29, 1.82) is 0 Å². The molecule has 3 nitrogen and oxygen atoms in total. The molecule has 0 bridgehead atoms. The summed E-state index contributed by atoms with van der Waals surface area (Å²) in [5.74, 6) is -1.74. The van der Waals surface area contributed by atoms with E-state index in [1.165, 1.54) is 11.3 Å². The molecule has 1 fully saturated rings. The van der Waals surface area contributed by atoms with Gasteiger partial charge in [-0.1, -0.05) is 11.6 Å². The number of thiophene rings is 1. The molecule has 0 atom stereocenters. The minimum atomic E-state index is -4.77. The van der Waals surface area contributed by atoms with Crippen molar-refractivity contribution in [1.82, 2.24) is 9.80 Å². The van der Waals surface area contributed by atoms with E-state index in [0.717, 1.165) is 9.78 Å². The van der Waals surface area contributed by atoms with Crippen LogP contribution >= 0.6 is 22.9 Å². The minimum Gasteiger partial charge on any atom is -0.332 e. The largest absolute Gasteiger partial charge is 0.471 e. The summed E-state index contributed by atoms with van der Waals surface area (Å²) in [4.78, 5) is 15.0. The normalized spacial score (nSPS) is 17.8. The number of rotatable bonds is 2. The Balaban J connectivity index is 1.84. The maximum atomic E-state index is 12.3. The molecular formula is C11H12ClF3N2OS. The lowest BCUT2D eigenvalue weighted by Gasteiger charge is -2.34. The van der Waals surface area contributed by atoms with E-state index in [1.54, 1.807) is 6.07 Å². The quantitative estimate of drug-likeness (QED) is 0.838. The van der Waals surface area contributed by atoms with E-state index in [9.17, 15) is 18.0 Å². The number of nitrogens with zero attached hydrogens (tertiary/aromatic N) is 2. The molecule has 0 saturated carbocycles. The third-order valence-electron chi connectivity index (χ3n) is 2.91. The summed E-state index contributed by atoms with van der Waals surface area (Å²) in [5, 5.41) is 0. The molecule has 106 valence electrons. The highest BCUT2D eigenvalue weighted by molar-refractivity contribution is 7.16. The van der Waals surface area contributed by atoms with Gasteiger partial charge in [-0.3, -0.25) is 9.69 Å². The number of amides is 1. The Bertz CT molecular complexity index is 455. The highest BCUT2D eigenvalue weighted by Gasteiger charge is 2.43. The van der Waals surface area contributed by atoms with Crippen molar-refractivity contribution >= 4 is 28.8 Å². The number of carbonyl (C=O) groups is 1. The van der Waals surface area contributed by atoms with Crippen LogP contribution < -0.4 is 0 Å². The van der Waals surface area contributed by atoms with Crippen LogP contribution in [-0.2, 0) is 11.3 Å². The Morgan fingerprint density at radius 3 is 2.37 bits per heavy atom. The predicted molar refractivity (Wildman–Crippen MR) is 67.2 cm³/mol. The van der Waals surface area contributed by atoms with Crippen molar-refractivity contribution in [2.24, 2.45) is 0 Å². The molecule has 1 saturated heterocycles. The number of piperazine rings is 1. The van der Waals surface area contributed by atoms with Crippen LogP contribution in [0.15, 0.2) is 12.1 Å². The average Bonchev–Trinajstić information content (AvgIpc) is 2.74. The van der Waals surface area contributed by atoms with Crippen LogP contribution in [0.1, 0.15) is 4.88 Å². The van der Waals surface area contributed by atoms with Crippen LogP contribution in [0.25, 0.3) is 0 Å². The predicted octanol–water partition coefficient (Wildman–Crippen LogP) is 2.61. The lowest BCUT2D eigenvalue weighted by molar-refractivity contribution is -0.187. The van der Waals surface area contributed by atoms with Gasteiger partial charge in [0, 0.05) is 37.6 Å². The fraction of sp³-hybridized carbons (Fsp3) is 0.545. The first kappa shape index (κ1) is 14.6. The number of halogens is 4. The summed E-state index contributed by atoms with van der Waals surface area (Å²) in [5.41, 5.74) is 0. The maximum Gasteiger partial charge on any atom is 0.471 e. The first-order valence-electron chi connectivity index (χ1n) is 5.69. The van der Waals surface area contributed by atoms with E-state index in [2.05, 4.69) is 0 Å². The van der Waals surface area contributed by atoms with Crippen molar-refractivity contribution < 1.29 is 18.0 Å². The van der Waals surface area contributed by atoms with Crippen LogP contribution in [0, 0.1) is 0 Å². The summed E-state index contributed by atoms with van der Waals surface area (Å²) in [6.45, 7) is 1.76. The molecule has 0 radical (unpaired) electrons. The molecule has 1 aliphatic rings. The second-order valence-corrected chi connectivity index (χ2v) is 6.07. The Morgan fingerprint density at radius 2 is 1.89 bits per heavy atom. The van der Waals surface area contributed by atoms with Crippen molar-refractivity contribution in [2.75, 3.05) is 26.2 Å². The summed E-state index contributed by atoms with van der Waals surface area (Å²) >= 11 is 7.27. The van der Waals surface area contributed by atoms with Gasteiger partial charge in [-0.2, -0.15) is 13.2 Å². The van der Waals surface area contributed by atoms with Gasteiger partial charge in [-0.15, -0.1) is 11.3 Å². The number of hydrogen-bond acceptors (Lipinski definition) is 3. The maximum absolute atomic E-state index is 12.3. The first-order valence-corrected chi connectivity index (χ1v) is 6.88. The third kappa shape index (κ3) is 3.84. The van der Waals surface area contributed by atoms with Gasteiger partial charge in [-0.25, -0.2) is 0 Å². The molecule has 0 aromatic carbocycles. The lowest BCUT2D eigenvalue weighted by Crippen LogP contribution is -2.51. The van der Waals surface area contributed by atoms with Crippen LogP contribution in [-0.4, -0.2) is 48.1 Å². The van der Waals surface area contributed by atoms with Crippen LogP contribution in [0.3, 0.4) is 0 Å². The van der Waals surface area contributed by atoms with Crippen molar-refractivity contribution in [3.05, 3.63) is 21.3 Å². The number of alkyl halides is 3. The van der Waals surface area contributed by atoms with E-state index in [1.807, 2.05) is 11.0 Å². The van der Waals surface area contributed by atoms with Gasteiger partial charge in [0.05, 0.1) is 4.34 Å².